The lowest BCUT2D eigenvalue weighted by molar-refractivity contribution is -0.140. The van der Waals surface area contributed by atoms with Crippen LogP contribution in [0.1, 0.15) is 25.5 Å². The molecule has 8 heteroatoms. The number of hydrogen-bond donors (Lipinski definition) is 3. The van der Waals surface area contributed by atoms with Crippen LogP contribution < -0.4 is 15.4 Å². The summed E-state index contributed by atoms with van der Waals surface area (Å²) in [5, 5.41) is 15.0. The van der Waals surface area contributed by atoms with Crippen LogP contribution in [0.2, 0.25) is 0 Å². The third-order valence-electron chi connectivity index (χ3n) is 3.34. The molecule has 2 rings (SSSR count). The van der Waals surface area contributed by atoms with Crippen molar-refractivity contribution in [2.24, 2.45) is 0 Å². The number of hydrogen-bond acceptors (Lipinski definition) is 5. The summed E-state index contributed by atoms with van der Waals surface area (Å²) in [4.78, 5) is 22.8. The maximum Gasteiger partial charge on any atom is 0.341 e. The molecule has 0 unspecified atom stereocenters. The number of carbonyl (C=O) groups is 2. The van der Waals surface area contributed by atoms with Crippen LogP contribution in [-0.2, 0) is 14.3 Å². The molecule has 0 saturated heterocycles. The van der Waals surface area contributed by atoms with Gasteiger partial charge in [-0.25, -0.2) is 9.59 Å². The van der Waals surface area contributed by atoms with Gasteiger partial charge in [-0.3, -0.25) is 0 Å². The molecule has 1 aromatic rings. The first kappa shape index (κ1) is 17.7. The number of esters is 1. The zero-order valence-electron chi connectivity index (χ0n) is 13.3. The lowest BCUT2D eigenvalue weighted by Gasteiger charge is -2.29. The molecule has 0 saturated carbocycles. The molecule has 0 spiro atoms. The average molecular weight is 350 g/mol. The Hall–Kier alpha value is -2.61. The lowest BCUT2D eigenvalue weighted by Crippen LogP contribution is -2.45. The second kappa shape index (κ2) is 7.78. The van der Waals surface area contributed by atoms with Gasteiger partial charge in [-0.15, -0.1) is 0 Å². The number of allylic oxidation sites excluding steroid dienone is 1. The van der Waals surface area contributed by atoms with E-state index in [-0.39, 0.29) is 6.61 Å². The number of ether oxygens (including phenoxy) is 2. The largest absolute Gasteiger partial charge is 0.482 e. The van der Waals surface area contributed by atoms with E-state index in [2.05, 4.69) is 10.6 Å². The lowest BCUT2D eigenvalue weighted by atomic mass is 9.95. The average Bonchev–Trinajstić information content (AvgIpc) is 2.52. The second-order valence-corrected chi connectivity index (χ2v) is 5.45. The van der Waals surface area contributed by atoms with E-state index in [1.54, 1.807) is 38.1 Å². The van der Waals surface area contributed by atoms with Crippen molar-refractivity contribution < 1.29 is 24.2 Å². The van der Waals surface area contributed by atoms with Gasteiger partial charge < -0.3 is 25.2 Å². The molecule has 0 amide bonds. The Balaban J connectivity index is 2.26. The van der Waals surface area contributed by atoms with Gasteiger partial charge in [0.15, 0.2) is 11.7 Å². The molecule has 24 heavy (non-hydrogen) atoms. The van der Waals surface area contributed by atoms with E-state index in [4.69, 9.17) is 26.8 Å². The molecular weight excluding hydrogens is 332 g/mol. The molecule has 1 heterocycles. The number of aliphatic carboxylic acids is 1. The summed E-state index contributed by atoms with van der Waals surface area (Å²) in [5.41, 5.74) is 1.86. The van der Waals surface area contributed by atoms with Crippen LogP contribution in [0.25, 0.3) is 0 Å². The van der Waals surface area contributed by atoms with Gasteiger partial charge in [-0.1, -0.05) is 12.1 Å². The van der Waals surface area contributed by atoms with E-state index in [0.717, 1.165) is 5.56 Å². The van der Waals surface area contributed by atoms with Crippen molar-refractivity contribution in [3.63, 3.8) is 0 Å². The summed E-state index contributed by atoms with van der Waals surface area (Å²) in [5.74, 6) is -1.04. The molecule has 0 fully saturated rings. The third kappa shape index (κ3) is 4.23. The maximum atomic E-state index is 12.2. The van der Waals surface area contributed by atoms with Crippen LogP contribution in [0.15, 0.2) is 35.5 Å². The summed E-state index contributed by atoms with van der Waals surface area (Å²) in [6.45, 7) is 3.36. The standard InChI is InChI=1S/C16H18N2O5S/c1-3-22-15(21)13-9(2)17-16(24)18-14(13)10-4-6-11(7-5-10)23-8-12(19)20/h4-7,14H,3,8H2,1-2H3,(H,19,20)(H2,17,18,24)/t14-/m0/s1. The predicted molar refractivity (Wildman–Crippen MR) is 90.5 cm³/mol. The number of rotatable bonds is 6. The summed E-state index contributed by atoms with van der Waals surface area (Å²) in [7, 11) is 0. The highest BCUT2D eigenvalue weighted by Crippen LogP contribution is 2.28. The van der Waals surface area contributed by atoms with Crippen LogP contribution in [0.4, 0.5) is 0 Å². The predicted octanol–water partition coefficient (Wildman–Crippen LogP) is 1.51. The van der Waals surface area contributed by atoms with Crippen LogP contribution >= 0.6 is 12.2 Å². The molecule has 3 N–H and O–H groups in total. The Bertz CT molecular complexity index is 684. The fourth-order valence-electron chi connectivity index (χ4n) is 2.32. The molecule has 1 atom stereocenters. The monoisotopic (exact) mass is 350 g/mol. The van der Waals surface area contributed by atoms with Crippen LogP contribution in [-0.4, -0.2) is 35.4 Å². The second-order valence-electron chi connectivity index (χ2n) is 5.04. The van der Waals surface area contributed by atoms with Gasteiger partial charge in [0, 0.05) is 5.70 Å². The van der Waals surface area contributed by atoms with Gasteiger partial charge in [0.05, 0.1) is 18.2 Å². The minimum atomic E-state index is -1.05. The fourth-order valence-corrected chi connectivity index (χ4v) is 2.60. The van der Waals surface area contributed by atoms with Crippen LogP contribution in [0, 0.1) is 0 Å². The van der Waals surface area contributed by atoms with Gasteiger partial charge in [-0.05, 0) is 43.8 Å². The summed E-state index contributed by atoms with van der Waals surface area (Å²) in [6.07, 6.45) is 0. The van der Waals surface area contributed by atoms with E-state index in [1.807, 2.05) is 0 Å². The molecule has 1 aliphatic heterocycles. The van der Waals surface area contributed by atoms with Crippen molar-refractivity contribution >= 4 is 29.3 Å². The van der Waals surface area contributed by atoms with Crippen molar-refractivity contribution in [3.05, 3.63) is 41.1 Å². The number of carboxylic acid groups (broad SMARTS) is 1. The Morgan fingerprint density at radius 3 is 2.54 bits per heavy atom. The van der Waals surface area contributed by atoms with Gasteiger partial charge in [0.1, 0.15) is 5.75 Å². The molecule has 1 aromatic carbocycles. The van der Waals surface area contributed by atoms with Crippen molar-refractivity contribution in [2.75, 3.05) is 13.2 Å². The van der Waals surface area contributed by atoms with E-state index in [9.17, 15) is 9.59 Å². The third-order valence-corrected chi connectivity index (χ3v) is 3.56. The Morgan fingerprint density at radius 2 is 1.96 bits per heavy atom. The number of carbonyl (C=O) groups excluding carboxylic acids is 1. The van der Waals surface area contributed by atoms with Gasteiger partial charge >= 0.3 is 11.9 Å². The highest BCUT2D eigenvalue weighted by Gasteiger charge is 2.30. The summed E-state index contributed by atoms with van der Waals surface area (Å²) >= 11 is 5.16. The highest BCUT2D eigenvalue weighted by atomic mass is 32.1. The summed E-state index contributed by atoms with van der Waals surface area (Å²) in [6, 6.07) is 6.32. The van der Waals surface area contributed by atoms with Crippen molar-refractivity contribution in [2.45, 2.75) is 19.9 Å². The minimum absolute atomic E-state index is 0.273. The van der Waals surface area contributed by atoms with Gasteiger partial charge in [0.25, 0.3) is 0 Å². The van der Waals surface area contributed by atoms with Gasteiger partial charge in [-0.2, -0.15) is 0 Å². The van der Waals surface area contributed by atoms with Crippen LogP contribution in [0.5, 0.6) is 5.75 Å². The summed E-state index contributed by atoms with van der Waals surface area (Å²) < 4.78 is 10.2. The molecular formula is C16H18N2O5S. The maximum absolute atomic E-state index is 12.2. The molecule has 0 radical (unpaired) electrons. The Kier molecular flexibility index (Phi) is 5.75. The molecule has 0 aromatic heterocycles. The quantitative estimate of drug-likeness (QED) is 0.525. The van der Waals surface area contributed by atoms with E-state index < -0.39 is 24.6 Å². The Labute approximate surface area is 144 Å². The SMILES string of the molecule is CCOC(=O)C1=C(C)NC(=S)N[C@H]1c1ccc(OCC(=O)O)cc1. The zero-order valence-corrected chi connectivity index (χ0v) is 14.1. The smallest absolute Gasteiger partial charge is 0.341 e. The highest BCUT2D eigenvalue weighted by molar-refractivity contribution is 7.80. The fraction of sp³-hybridized carbons (Fsp3) is 0.312. The molecule has 128 valence electrons. The first-order chi connectivity index (χ1) is 11.4. The first-order valence-corrected chi connectivity index (χ1v) is 7.73. The molecule has 0 aliphatic carbocycles. The van der Waals surface area contributed by atoms with Crippen molar-refractivity contribution in [1.82, 2.24) is 10.6 Å². The van der Waals surface area contributed by atoms with Crippen LogP contribution in [0.3, 0.4) is 0 Å². The number of carboxylic acids is 1. The minimum Gasteiger partial charge on any atom is -0.482 e. The van der Waals surface area contributed by atoms with Crippen molar-refractivity contribution in [3.8, 4) is 5.75 Å². The molecule has 7 nitrogen and oxygen atoms in total. The van der Waals surface area contributed by atoms with E-state index in [0.29, 0.717) is 22.1 Å². The number of nitrogens with one attached hydrogen (secondary N) is 2. The normalized spacial score (nSPS) is 16.9. The topological polar surface area (TPSA) is 96.9 Å². The zero-order chi connectivity index (χ0) is 17.7. The first-order valence-electron chi connectivity index (χ1n) is 7.32. The van der Waals surface area contributed by atoms with E-state index in [1.165, 1.54) is 0 Å². The molecule has 1 aliphatic rings. The Morgan fingerprint density at radius 1 is 1.29 bits per heavy atom. The van der Waals surface area contributed by atoms with E-state index >= 15 is 0 Å². The number of thiocarbonyl (C=S) groups is 1. The molecule has 0 bridgehead atoms. The van der Waals surface area contributed by atoms with Crippen molar-refractivity contribution in [1.29, 1.82) is 0 Å². The van der Waals surface area contributed by atoms with Gasteiger partial charge in [0.2, 0.25) is 0 Å². The number of benzene rings is 1.